The van der Waals surface area contributed by atoms with Gasteiger partial charge in [-0.25, -0.2) is 4.98 Å². The van der Waals surface area contributed by atoms with Crippen molar-refractivity contribution in [1.82, 2.24) is 9.88 Å². The van der Waals surface area contributed by atoms with Crippen LogP contribution in [-0.4, -0.2) is 57.9 Å². The molecule has 22 heavy (non-hydrogen) atoms. The van der Waals surface area contributed by atoms with Crippen LogP contribution in [0.5, 0.6) is 0 Å². The molecule has 2 saturated heterocycles. The van der Waals surface area contributed by atoms with Crippen molar-refractivity contribution in [1.29, 1.82) is 0 Å². The van der Waals surface area contributed by atoms with E-state index in [-0.39, 0.29) is 17.6 Å². The molecule has 3 heterocycles. The zero-order valence-electron chi connectivity index (χ0n) is 12.2. The molecule has 0 bridgehead atoms. The summed E-state index contributed by atoms with van der Waals surface area (Å²) in [5.74, 6) is 2.80. The Kier molecular flexibility index (Phi) is 4.47. The first-order chi connectivity index (χ1) is 10.7. The van der Waals surface area contributed by atoms with E-state index in [1.165, 1.54) is 12.3 Å². The lowest BCUT2D eigenvalue weighted by molar-refractivity contribution is -0.385. The van der Waals surface area contributed by atoms with Crippen LogP contribution in [0.1, 0.15) is 12.8 Å². The number of nitrogens with zero attached hydrogens (tertiary/aromatic N) is 4. The Labute approximate surface area is 132 Å². The van der Waals surface area contributed by atoms with Crippen molar-refractivity contribution in [3.63, 3.8) is 0 Å². The summed E-state index contributed by atoms with van der Waals surface area (Å²) in [6.45, 7) is 2.38. The molecular formula is C14H18N4O3S. The summed E-state index contributed by atoms with van der Waals surface area (Å²) in [5, 5.41) is 10.7. The Hall–Kier alpha value is -1.83. The molecule has 0 radical (unpaired) electrons. The number of anilines is 1. The van der Waals surface area contributed by atoms with Gasteiger partial charge in [-0.05, 0) is 18.9 Å². The summed E-state index contributed by atoms with van der Waals surface area (Å²) < 4.78 is 0. The number of amides is 1. The molecule has 2 fully saturated rings. The molecule has 0 N–H and O–H groups in total. The van der Waals surface area contributed by atoms with E-state index in [1.54, 1.807) is 6.07 Å². The van der Waals surface area contributed by atoms with E-state index in [1.807, 2.05) is 21.6 Å². The fourth-order valence-electron chi connectivity index (χ4n) is 2.95. The largest absolute Gasteiger partial charge is 0.345 e. The minimum atomic E-state index is -0.463. The minimum Gasteiger partial charge on any atom is -0.345 e. The van der Waals surface area contributed by atoms with Crippen LogP contribution in [0, 0.1) is 10.1 Å². The first kappa shape index (κ1) is 15.1. The van der Waals surface area contributed by atoms with E-state index in [0.29, 0.717) is 5.82 Å². The standard InChI is InChI=1S/C14H18N4O3S/c19-14(16-6-8-22-9-7-16)12-2-1-5-17(12)13-4-3-11(10-15-13)18(20)21/h3-4,10,12H,1-2,5-9H2/t12-/m1/s1. The lowest BCUT2D eigenvalue weighted by Crippen LogP contribution is -2.48. The average Bonchev–Trinajstić information content (AvgIpc) is 3.04. The monoisotopic (exact) mass is 322 g/mol. The SMILES string of the molecule is O=C([C@H]1CCCN1c1ccc([N+](=O)[O-])cn1)N1CCSCC1. The summed E-state index contributed by atoms with van der Waals surface area (Å²) in [7, 11) is 0. The van der Waals surface area contributed by atoms with Gasteiger partial charge in [0.2, 0.25) is 5.91 Å². The zero-order chi connectivity index (χ0) is 15.5. The number of thioether (sulfide) groups is 1. The Bertz CT molecular complexity index is 560. The predicted molar refractivity (Wildman–Crippen MR) is 85.2 cm³/mol. The lowest BCUT2D eigenvalue weighted by Gasteiger charge is -2.32. The molecule has 1 atom stereocenters. The van der Waals surface area contributed by atoms with Gasteiger partial charge < -0.3 is 9.80 Å². The van der Waals surface area contributed by atoms with Gasteiger partial charge in [-0.15, -0.1) is 0 Å². The normalized spacial score (nSPS) is 21.9. The highest BCUT2D eigenvalue weighted by Crippen LogP contribution is 2.27. The van der Waals surface area contributed by atoms with E-state index in [0.717, 1.165) is 44.0 Å². The van der Waals surface area contributed by atoms with Gasteiger partial charge in [0.15, 0.2) is 0 Å². The smallest absolute Gasteiger partial charge is 0.287 e. The molecule has 7 nitrogen and oxygen atoms in total. The summed E-state index contributed by atoms with van der Waals surface area (Å²) in [6.07, 6.45) is 3.02. The Morgan fingerprint density at radius 1 is 1.32 bits per heavy atom. The van der Waals surface area contributed by atoms with Crippen LogP contribution in [-0.2, 0) is 4.79 Å². The quantitative estimate of drug-likeness (QED) is 0.620. The van der Waals surface area contributed by atoms with Gasteiger partial charge in [0.25, 0.3) is 5.69 Å². The van der Waals surface area contributed by atoms with Crippen molar-refractivity contribution >= 4 is 29.2 Å². The molecule has 1 amide bonds. The number of nitro groups is 1. The molecule has 1 aromatic rings. The molecule has 1 aromatic heterocycles. The summed E-state index contributed by atoms with van der Waals surface area (Å²) in [6, 6.07) is 2.90. The third kappa shape index (κ3) is 3.01. The van der Waals surface area contributed by atoms with E-state index in [9.17, 15) is 14.9 Å². The second-order valence-corrected chi connectivity index (χ2v) is 6.65. The third-order valence-corrected chi connectivity index (χ3v) is 5.04. The maximum Gasteiger partial charge on any atom is 0.287 e. The van der Waals surface area contributed by atoms with E-state index < -0.39 is 4.92 Å². The summed E-state index contributed by atoms with van der Waals surface area (Å²) in [4.78, 5) is 31.0. The molecule has 0 unspecified atom stereocenters. The van der Waals surface area contributed by atoms with Crippen molar-refractivity contribution in [3.8, 4) is 0 Å². The maximum absolute atomic E-state index is 12.7. The molecule has 8 heteroatoms. The van der Waals surface area contributed by atoms with Crippen LogP contribution in [0.25, 0.3) is 0 Å². The van der Waals surface area contributed by atoms with Gasteiger partial charge in [0.05, 0.1) is 4.92 Å². The second kappa shape index (κ2) is 6.51. The molecular weight excluding hydrogens is 304 g/mol. The van der Waals surface area contributed by atoms with Crippen molar-refractivity contribution in [3.05, 3.63) is 28.4 Å². The number of pyridine rings is 1. The average molecular weight is 322 g/mol. The molecule has 2 aliphatic rings. The van der Waals surface area contributed by atoms with Crippen LogP contribution >= 0.6 is 11.8 Å². The predicted octanol–water partition coefficient (Wildman–Crippen LogP) is 1.53. The highest BCUT2D eigenvalue weighted by molar-refractivity contribution is 7.99. The molecule has 118 valence electrons. The van der Waals surface area contributed by atoms with Crippen molar-refractivity contribution < 1.29 is 9.72 Å². The van der Waals surface area contributed by atoms with Crippen molar-refractivity contribution in [2.45, 2.75) is 18.9 Å². The number of carbonyl (C=O) groups excluding carboxylic acids is 1. The van der Waals surface area contributed by atoms with Crippen LogP contribution in [0.3, 0.4) is 0 Å². The van der Waals surface area contributed by atoms with Crippen molar-refractivity contribution in [2.24, 2.45) is 0 Å². The topological polar surface area (TPSA) is 79.6 Å². The van der Waals surface area contributed by atoms with Gasteiger partial charge in [0.1, 0.15) is 18.1 Å². The van der Waals surface area contributed by atoms with E-state index in [4.69, 9.17) is 0 Å². The lowest BCUT2D eigenvalue weighted by atomic mass is 10.2. The number of carbonyl (C=O) groups is 1. The molecule has 3 rings (SSSR count). The van der Waals surface area contributed by atoms with Gasteiger partial charge >= 0.3 is 0 Å². The van der Waals surface area contributed by atoms with Gasteiger partial charge in [0, 0.05) is 37.2 Å². The zero-order valence-corrected chi connectivity index (χ0v) is 13.0. The number of rotatable bonds is 3. The summed E-state index contributed by atoms with van der Waals surface area (Å²) >= 11 is 1.88. The highest BCUT2D eigenvalue weighted by Gasteiger charge is 2.35. The van der Waals surface area contributed by atoms with Crippen LogP contribution in [0.15, 0.2) is 18.3 Å². The second-order valence-electron chi connectivity index (χ2n) is 5.42. The Morgan fingerprint density at radius 3 is 2.73 bits per heavy atom. The van der Waals surface area contributed by atoms with Gasteiger partial charge in [-0.1, -0.05) is 0 Å². The molecule has 0 aliphatic carbocycles. The Balaban J connectivity index is 1.74. The maximum atomic E-state index is 12.7. The van der Waals surface area contributed by atoms with Crippen LogP contribution in [0.4, 0.5) is 11.5 Å². The van der Waals surface area contributed by atoms with E-state index in [2.05, 4.69) is 4.98 Å². The van der Waals surface area contributed by atoms with Gasteiger partial charge in [-0.2, -0.15) is 11.8 Å². The summed E-state index contributed by atoms with van der Waals surface area (Å²) in [5.41, 5.74) is -0.0288. The third-order valence-electron chi connectivity index (χ3n) is 4.10. The van der Waals surface area contributed by atoms with Crippen molar-refractivity contribution in [2.75, 3.05) is 36.0 Å². The first-order valence-corrected chi connectivity index (χ1v) is 8.56. The molecule has 2 aliphatic heterocycles. The fourth-order valence-corrected chi connectivity index (χ4v) is 3.85. The van der Waals surface area contributed by atoms with E-state index >= 15 is 0 Å². The van der Waals surface area contributed by atoms with Crippen LogP contribution in [0.2, 0.25) is 0 Å². The highest BCUT2D eigenvalue weighted by atomic mass is 32.2. The number of aromatic nitrogens is 1. The Morgan fingerprint density at radius 2 is 2.09 bits per heavy atom. The minimum absolute atomic E-state index is 0.0288. The number of hydrogen-bond acceptors (Lipinski definition) is 6. The van der Waals surface area contributed by atoms with Gasteiger partial charge in [-0.3, -0.25) is 14.9 Å². The van der Waals surface area contributed by atoms with Crippen LogP contribution < -0.4 is 4.90 Å². The number of hydrogen-bond donors (Lipinski definition) is 0. The molecule has 0 aromatic carbocycles. The molecule has 0 spiro atoms. The first-order valence-electron chi connectivity index (χ1n) is 7.40. The fraction of sp³-hybridized carbons (Fsp3) is 0.571. The molecule has 0 saturated carbocycles.